The van der Waals surface area contributed by atoms with Gasteiger partial charge in [0.25, 0.3) is 0 Å². The Morgan fingerprint density at radius 3 is 2.74 bits per heavy atom. The largest absolute Gasteiger partial charge is 0.381 e. The van der Waals surface area contributed by atoms with Crippen molar-refractivity contribution in [3.63, 3.8) is 0 Å². The van der Waals surface area contributed by atoms with Crippen molar-refractivity contribution in [1.29, 1.82) is 0 Å². The van der Waals surface area contributed by atoms with Crippen LogP contribution in [0.3, 0.4) is 0 Å². The van der Waals surface area contributed by atoms with Gasteiger partial charge in [-0.05, 0) is 43.5 Å². The second-order valence-electron chi connectivity index (χ2n) is 5.29. The first kappa shape index (κ1) is 13.9. The molecule has 0 amide bonds. The molecule has 1 unspecified atom stereocenters. The van der Waals surface area contributed by atoms with Crippen molar-refractivity contribution >= 4 is 17.3 Å². The molecule has 0 spiro atoms. The molecule has 1 atom stereocenters. The summed E-state index contributed by atoms with van der Waals surface area (Å²) in [5, 5.41) is 8.54. The molecule has 0 aliphatic carbocycles. The van der Waals surface area contributed by atoms with Gasteiger partial charge in [-0.15, -0.1) is 0 Å². The Morgan fingerprint density at radius 2 is 2.11 bits per heavy atom. The molecule has 1 N–H and O–H groups in total. The van der Waals surface area contributed by atoms with Gasteiger partial charge in [-0.25, -0.2) is 4.68 Å². The summed E-state index contributed by atoms with van der Waals surface area (Å²) in [7, 11) is 0. The van der Waals surface area contributed by atoms with Crippen LogP contribution in [0.2, 0.25) is 5.02 Å². The summed E-state index contributed by atoms with van der Waals surface area (Å²) in [4.78, 5) is 0. The van der Waals surface area contributed by atoms with E-state index in [2.05, 4.69) is 31.2 Å². The molecule has 0 saturated heterocycles. The third-order valence-electron chi connectivity index (χ3n) is 2.94. The highest BCUT2D eigenvalue weighted by Gasteiger charge is 2.10. The molecule has 0 fully saturated rings. The van der Waals surface area contributed by atoms with Crippen LogP contribution >= 0.6 is 11.6 Å². The second-order valence-corrected chi connectivity index (χ2v) is 5.72. The number of nitrogens with one attached hydrogen (secondary N) is 1. The number of rotatable bonds is 5. The first-order chi connectivity index (χ1) is 9.06. The van der Waals surface area contributed by atoms with Crippen molar-refractivity contribution in [2.45, 2.75) is 33.2 Å². The van der Waals surface area contributed by atoms with Crippen molar-refractivity contribution in [2.75, 3.05) is 5.32 Å². The Balaban J connectivity index is 2.25. The first-order valence-corrected chi connectivity index (χ1v) is 7.00. The molecular weight excluding hydrogens is 258 g/mol. The molecule has 1 heterocycles. The summed E-state index contributed by atoms with van der Waals surface area (Å²) in [5.41, 5.74) is 2.04. The normalized spacial score (nSPS) is 12.7. The Morgan fingerprint density at radius 1 is 1.32 bits per heavy atom. The van der Waals surface area contributed by atoms with Crippen molar-refractivity contribution in [1.82, 2.24) is 9.78 Å². The van der Waals surface area contributed by atoms with Gasteiger partial charge in [0.1, 0.15) is 0 Å². The summed E-state index contributed by atoms with van der Waals surface area (Å²) in [6.45, 7) is 6.64. The summed E-state index contributed by atoms with van der Waals surface area (Å²) in [6, 6.07) is 8.13. The van der Waals surface area contributed by atoms with Crippen molar-refractivity contribution in [2.24, 2.45) is 5.92 Å². The Bertz CT molecular complexity index is 520. The van der Waals surface area contributed by atoms with Crippen molar-refractivity contribution < 1.29 is 0 Å². The van der Waals surface area contributed by atoms with Gasteiger partial charge in [-0.2, -0.15) is 5.10 Å². The van der Waals surface area contributed by atoms with E-state index in [1.165, 1.54) is 0 Å². The summed E-state index contributed by atoms with van der Waals surface area (Å²) >= 11 is 6.10. The fraction of sp³-hybridized carbons (Fsp3) is 0.400. The van der Waals surface area contributed by atoms with Crippen LogP contribution in [-0.4, -0.2) is 15.8 Å². The monoisotopic (exact) mass is 277 g/mol. The Labute approximate surface area is 119 Å². The van der Waals surface area contributed by atoms with E-state index < -0.39 is 0 Å². The van der Waals surface area contributed by atoms with Crippen LogP contribution in [0, 0.1) is 5.92 Å². The number of anilines is 1. The zero-order valence-corrected chi connectivity index (χ0v) is 12.4. The van der Waals surface area contributed by atoms with Crippen LogP contribution < -0.4 is 5.32 Å². The minimum absolute atomic E-state index is 0.396. The fourth-order valence-electron chi connectivity index (χ4n) is 2.27. The van der Waals surface area contributed by atoms with E-state index in [0.29, 0.717) is 12.0 Å². The fourth-order valence-corrected chi connectivity index (χ4v) is 2.44. The quantitative estimate of drug-likeness (QED) is 0.879. The lowest BCUT2D eigenvalue weighted by atomic mass is 10.0. The van der Waals surface area contributed by atoms with E-state index >= 15 is 0 Å². The zero-order valence-electron chi connectivity index (χ0n) is 11.6. The van der Waals surface area contributed by atoms with E-state index in [9.17, 15) is 0 Å². The van der Waals surface area contributed by atoms with Gasteiger partial charge in [0.15, 0.2) is 0 Å². The van der Waals surface area contributed by atoms with Gasteiger partial charge < -0.3 is 5.32 Å². The zero-order chi connectivity index (χ0) is 13.8. The molecule has 1 aromatic carbocycles. The standard InChI is InChI=1S/C15H20ClN3/c1-11(2)9-12(3)18-14-10-13(16)5-6-15(14)19-8-4-7-17-19/h4-8,10-12,18H,9H2,1-3H3. The average molecular weight is 278 g/mol. The van der Waals surface area contributed by atoms with Gasteiger partial charge in [0, 0.05) is 23.5 Å². The minimum Gasteiger partial charge on any atom is -0.381 e. The topological polar surface area (TPSA) is 29.9 Å². The van der Waals surface area contributed by atoms with E-state index in [4.69, 9.17) is 11.6 Å². The lowest BCUT2D eigenvalue weighted by Crippen LogP contribution is -2.18. The molecule has 2 rings (SSSR count). The van der Waals surface area contributed by atoms with Gasteiger partial charge in [0.2, 0.25) is 0 Å². The Hall–Kier alpha value is -1.48. The smallest absolute Gasteiger partial charge is 0.0877 e. The molecule has 19 heavy (non-hydrogen) atoms. The molecule has 0 radical (unpaired) electrons. The number of benzene rings is 1. The molecule has 102 valence electrons. The molecule has 0 saturated carbocycles. The van der Waals surface area contributed by atoms with Crippen molar-refractivity contribution in [3.05, 3.63) is 41.7 Å². The average Bonchev–Trinajstić information content (AvgIpc) is 2.81. The van der Waals surface area contributed by atoms with E-state index in [1.54, 1.807) is 6.20 Å². The summed E-state index contributed by atoms with van der Waals surface area (Å²) in [6.07, 6.45) is 4.82. The number of aromatic nitrogens is 2. The molecule has 0 bridgehead atoms. The molecule has 1 aromatic heterocycles. The predicted molar refractivity (Wildman–Crippen MR) is 81.1 cm³/mol. The Kier molecular flexibility index (Phi) is 4.48. The van der Waals surface area contributed by atoms with Crippen LogP contribution in [0.5, 0.6) is 0 Å². The highest BCUT2D eigenvalue weighted by atomic mass is 35.5. The van der Waals surface area contributed by atoms with Gasteiger partial charge in [-0.1, -0.05) is 25.4 Å². The van der Waals surface area contributed by atoms with E-state index in [0.717, 1.165) is 22.8 Å². The highest BCUT2D eigenvalue weighted by molar-refractivity contribution is 6.31. The minimum atomic E-state index is 0.396. The van der Waals surface area contributed by atoms with Crippen molar-refractivity contribution in [3.8, 4) is 5.69 Å². The van der Waals surface area contributed by atoms with Gasteiger partial charge in [-0.3, -0.25) is 0 Å². The highest BCUT2D eigenvalue weighted by Crippen LogP contribution is 2.25. The van der Waals surface area contributed by atoms with Crippen LogP contribution in [-0.2, 0) is 0 Å². The third-order valence-corrected chi connectivity index (χ3v) is 3.17. The van der Waals surface area contributed by atoms with Gasteiger partial charge in [0.05, 0.1) is 11.4 Å². The molecule has 2 aromatic rings. The van der Waals surface area contributed by atoms with Crippen LogP contribution in [0.4, 0.5) is 5.69 Å². The molecule has 4 heteroatoms. The maximum Gasteiger partial charge on any atom is 0.0877 e. The number of nitrogens with zero attached hydrogens (tertiary/aromatic N) is 2. The van der Waals surface area contributed by atoms with Crippen LogP contribution in [0.1, 0.15) is 27.2 Å². The number of hydrogen-bond acceptors (Lipinski definition) is 2. The molecular formula is C15H20ClN3. The molecule has 3 nitrogen and oxygen atoms in total. The second kappa shape index (κ2) is 6.11. The lowest BCUT2D eigenvalue weighted by molar-refractivity contribution is 0.539. The van der Waals surface area contributed by atoms with Gasteiger partial charge >= 0.3 is 0 Å². The first-order valence-electron chi connectivity index (χ1n) is 6.62. The van der Waals surface area contributed by atoms with Crippen LogP contribution in [0.15, 0.2) is 36.7 Å². The molecule has 0 aliphatic heterocycles. The summed E-state index contributed by atoms with van der Waals surface area (Å²) < 4.78 is 1.85. The number of hydrogen-bond donors (Lipinski definition) is 1. The third kappa shape index (κ3) is 3.74. The maximum atomic E-state index is 6.10. The number of halogens is 1. The summed E-state index contributed by atoms with van der Waals surface area (Å²) in [5.74, 6) is 0.662. The maximum absolute atomic E-state index is 6.10. The SMILES string of the molecule is CC(C)CC(C)Nc1cc(Cl)ccc1-n1cccn1. The molecule has 0 aliphatic rings. The predicted octanol–water partition coefficient (Wildman–Crippen LogP) is 4.37. The van der Waals surface area contributed by atoms with Crippen LogP contribution in [0.25, 0.3) is 5.69 Å². The van der Waals surface area contributed by atoms with E-state index in [-0.39, 0.29) is 0 Å². The van der Waals surface area contributed by atoms with E-state index in [1.807, 2.05) is 35.1 Å². The lowest BCUT2D eigenvalue weighted by Gasteiger charge is -2.20.